The Balaban J connectivity index is 1.98. The van der Waals surface area contributed by atoms with E-state index in [-0.39, 0.29) is 11.8 Å². The van der Waals surface area contributed by atoms with Crippen LogP contribution in [0.2, 0.25) is 0 Å². The van der Waals surface area contributed by atoms with E-state index in [2.05, 4.69) is 32.2 Å². The number of nitrogens with one attached hydrogen (secondary N) is 1. The highest BCUT2D eigenvalue weighted by Gasteiger charge is 2.16. The van der Waals surface area contributed by atoms with Crippen molar-refractivity contribution in [3.63, 3.8) is 0 Å². The lowest BCUT2D eigenvalue weighted by molar-refractivity contribution is 0.413. The lowest BCUT2D eigenvalue weighted by Crippen LogP contribution is -2.26. The summed E-state index contributed by atoms with van der Waals surface area (Å²) in [6, 6.07) is 8.90. The second-order valence-electron chi connectivity index (χ2n) is 5.54. The van der Waals surface area contributed by atoms with E-state index in [4.69, 9.17) is 4.74 Å². The van der Waals surface area contributed by atoms with Crippen LogP contribution < -0.4 is 10.1 Å². The Labute approximate surface area is 142 Å². The van der Waals surface area contributed by atoms with Crippen LogP contribution in [0.4, 0.5) is 0 Å². The first-order valence-electron chi connectivity index (χ1n) is 7.50. The summed E-state index contributed by atoms with van der Waals surface area (Å²) in [7, 11) is -1.79. The fourth-order valence-electron chi connectivity index (χ4n) is 2.51. The number of thiophene rings is 1. The molecule has 0 amide bonds. The molecule has 6 heteroatoms. The van der Waals surface area contributed by atoms with Crippen LogP contribution in [0.5, 0.6) is 5.75 Å². The standard InChI is InChI=1S/C17H23NO3S2/c1-12-10-17(14(3)22-12)13(2)18-8-9-23(19,20)16-7-5-6-15(11-16)21-4/h5-7,10-11,13,18H,8-9H2,1-4H3. The summed E-state index contributed by atoms with van der Waals surface area (Å²) in [6.07, 6.45) is 0. The number of hydrogen-bond acceptors (Lipinski definition) is 5. The topological polar surface area (TPSA) is 55.4 Å². The fourth-order valence-corrected chi connectivity index (χ4v) is 4.74. The zero-order chi connectivity index (χ0) is 17.0. The molecule has 0 fully saturated rings. The molecular weight excluding hydrogens is 330 g/mol. The van der Waals surface area contributed by atoms with Gasteiger partial charge in [0.25, 0.3) is 0 Å². The minimum atomic E-state index is -3.32. The van der Waals surface area contributed by atoms with Crippen molar-refractivity contribution in [1.82, 2.24) is 5.32 Å². The van der Waals surface area contributed by atoms with Crippen molar-refractivity contribution >= 4 is 21.2 Å². The Morgan fingerprint density at radius 1 is 1.26 bits per heavy atom. The molecule has 23 heavy (non-hydrogen) atoms. The maximum Gasteiger partial charge on any atom is 0.179 e. The first-order chi connectivity index (χ1) is 10.8. The monoisotopic (exact) mass is 353 g/mol. The molecule has 1 aromatic heterocycles. The molecular formula is C17H23NO3S2. The molecule has 0 aliphatic carbocycles. The van der Waals surface area contributed by atoms with E-state index in [1.54, 1.807) is 35.6 Å². The second kappa shape index (κ2) is 7.47. The average molecular weight is 354 g/mol. The van der Waals surface area contributed by atoms with Crippen molar-refractivity contribution in [3.8, 4) is 5.75 Å². The van der Waals surface area contributed by atoms with Gasteiger partial charge in [-0.25, -0.2) is 8.42 Å². The highest BCUT2D eigenvalue weighted by molar-refractivity contribution is 7.91. The molecule has 1 unspecified atom stereocenters. The smallest absolute Gasteiger partial charge is 0.179 e. The number of sulfone groups is 1. The zero-order valence-corrected chi connectivity index (χ0v) is 15.6. The van der Waals surface area contributed by atoms with Crippen LogP contribution in [0.1, 0.15) is 28.3 Å². The van der Waals surface area contributed by atoms with Gasteiger partial charge >= 0.3 is 0 Å². The molecule has 126 valence electrons. The Morgan fingerprint density at radius 3 is 2.61 bits per heavy atom. The maximum absolute atomic E-state index is 12.4. The van der Waals surface area contributed by atoms with Gasteiger partial charge < -0.3 is 10.1 Å². The lowest BCUT2D eigenvalue weighted by Gasteiger charge is -2.14. The summed E-state index contributed by atoms with van der Waals surface area (Å²) < 4.78 is 29.9. The predicted molar refractivity (Wildman–Crippen MR) is 95.3 cm³/mol. The van der Waals surface area contributed by atoms with Crippen molar-refractivity contribution in [2.45, 2.75) is 31.7 Å². The summed E-state index contributed by atoms with van der Waals surface area (Å²) in [4.78, 5) is 2.85. The van der Waals surface area contributed by atoms with E-state index < -0.39 is 9.84 Å². The highest BCUT2D eigenvalue weighted by atomic mass is 32.2. The SMILES string of the molecule is COc1cccc(S(=O)(=O)CCNC(C)c2cc(C)sc2C)c1. The van der Waals surface area contributed by atoms with Gasteiger partial charge in [0.15, 0.2) is 9.84 Å². The predicted octanol–water partition coefficient (Wildman–Crippen LogP) is 3.50. The van der Waals surface area contributed by atoms with E-state index in [1.807, 2.05) is 0 Å². The molecule has 0 aliphatic heterocycles. The zero-order valence-electron chi connectivity index (χ0n) is 13.9. The van der Waals surface area contributed by atoms with Crippen LogP contribution in [0.25, 0.3) is 0 Å². The molecule has 0 saturated carbocycles. The van der Waals surface area contributed by atoms with Crippen molar-refractivity contribution in [2.24, 2.45) is 0 Å². The van der Waals surface area contributed by atoms with Gasteiger partial charge in [0, 0.05) is 22.3 Å². The van der Waals surface area contributed by atoms with E-state index in [1.165, 1.54) is 22.4 Å². The van der Waals surface area contributed by atoms with E-state index >= 15 is 0 Å². The first kappa shape index (κ1) is 18.0. The van der Waals surface area contributed by atoms with Crippen molar-refractivity contribution < 1.29 is 13.2 Å². The van der Waals surface area contributed by atoms with Gasteiger partial charge in [-0.1, -0.05) is 6.07 Å². The van der Waals surface area contributed by atoms with Crippen LogP contribution in [-0.2, 0) is 9.84 Å². The summed E-state index contributed by atoms with van der Waals surface area (Å²) in [5.74, 6) is 0.615. The van der Waals surface area contributed by atoms with Crippen LogP contribution >= 0.6 is 11.3 Å². The van der Waals surface area contributed by atoms with Gasteiger partial charge in [0.05, 0.1) is 17.8 Å². The average Bonchev–Trinajstić information content (AvgIpc) is 2.85. The van der Waals surface area contributed by atoms with E-state index in [0.717, 1.165) is 0 Å². The summed E-state index contributed by atoms with van der Waals surface area (Å²) in [6.45, 7) is 6.65. The third-order valence-corrected chi connectivity index (χ3v) is 6.46. The third-order valence-electron chi connectivity index (χ3n) is 3.77. The van der Waals surface area contributed by atoms with Crippen molar-refractivity contribution in [2.75, 3.05) is 19.4 Å². The number of aryl methyl sites for hydroxylation is 2. The minimum Gasteiger partial charge on any atom is -0.497 e. The Bertz CT molecular complexity index is 766. The lowest BCUT2D eigenvalue weighted by atomic mass is 10.1. The number of rotatable bonds is 7. The Morgan fingerprint density at radius 2 is 2.00 bits per heavy atom. The number of ether oxygens (including phenoxy) is 1. The third kappa shape index (κ3) is 4.56. The van der Waals surface area contributed by atoms with E-state index in [0.29, 0.717) is 17.2 Å². The molecule has 1 aromatic carbocycles. The number of hydrogen-bond donors (Lipinski definition) is 1. The molecule has 0 saturated heterocycles. The second-order valence-corrected chi connectivity index (χ2v) is 9.11. The Hall–Kier alpha value is -1.37. The molecule has 1 heterocycles. The van der Waals surface area contributed by atoms with Crippen molar-refractivity contribution in [3.05, 3.63) is 45.6 Å². The molecule has 1 N–H and O–H groups in total. The largest absolute Gasteiger partial charge is 0.497 e. The number of benzene rings is 1. The minimum absolute atomic E-state index is 0.0622. The molecule has 0 radical (unpaired) electrons. The van der Waals surface area contributed by atoms with Gasteiger partial charge in [-0.05, 0) is 50.6 Å². The summed E-state index contributed by atoms with van der Waals surface area (Å²) in [5, 5.41) is 3.30. The molecule has 1 atom stereocenters. The highest BCUT2D eigenvalue weighted by Crippen LogP contribution is 2.26. The summed E-state index contributed by atoms with van der Waals surface area (Å²) >= 11 is 1.77. The fraction of sp³-hybridized carbons (Fsp3) is 0.412. The van der Waals surface area contributed by atoms with Gasteiger partial charge in [-0.15, -0.1) is 11.3 Å². The van der Waals surface area contributed by atoms with Gasteiger partial charge in [-0.2, -0.15) is 0 Å². The molecule has 0 aliphatic rings. The van der Waals surface area contributed by atoms with Crippen molar-refractivity contribution in [1.29, 1.82) is 0 Å². The quantitative estimate of drug-likeness (QED) is 0.828. The normalized spacial score (nSPS) is 13.0. The summed E-state index contributed by atoms with van der Waals surface area (Å²) in [5.41, 5.74) is 1.24. The van der Waals surface area contributed by atoms with Crippen LogP contribution in [-0.4, -0.2) is 27.8 Å². The van der Waals surface area contributed by atoms with Crippen LogP contribution in [0.15, 0.2) is 35.2 Å². The number of methoxy groups -OCH3 is 1. The Kier molecular flexibility index (Phi) is 5.84. The van der Waals surface area contributed by atoms with Crippen LogP contribution in [0, 0.1) is 13.8 Å². The van der Waals surface area contributed by atoms with Gasteiger partial charge in [0.1, 0.15) is 5.75 Å². The van der Waals surface area contributed by atoms with Crippen LogP contribution in [0.3, 0.4) is 0 Å². The first-order valence-corrected chi connectivity index (χ1v) is 9.97. The van der Waals surface area contributed by atoms with Gasteiger partial charge in [0.2, 0.25) is 0 Å². The molecule has 0 spiro atoms. The maximum atomic E-state index is 12.4. The molecule has 0 bridgehead atoms. The van der Waals surface area contributed by atoms with E-state index in [9.17, 15) is 8.42 Å². The molecule has 2 rings (SSSR count). The molecule has 2 aromatic rings. The van der Waals surface area contributed by atoms with Gasteiger partial charge in [-0.3, -0.25) is 0 Å². The molecule has 4 nitrogen and oxygen atoms in total.